The fourth-order valence-corrected chi connectivity index (χ4v) is 5.61. The van der Waals surface area contributed by atoms with E-state index in [1.165, 1.54) is 4.90 Å². The average molecular weight is 379 g/mol. The van der Waals surface area contributed by atoms with Crippen LogP contribution >= 0.6 is 0 Å². The first-order chi connectivity index (χ1) is 12.3. The first-order valence-electron chi connectivity index (χ1n) is 9.08. The van der Waals surface area contributed by atoms with Crippen molar-refractivity contribution in [2.75, 3.05) is 24.6 Å². The molecule has 26 heavy (non-hydrogen) atoms. The van der Waals surface area contributed by atoms with E-state index in [1.807, 2.05) is 30.3 Å². The Bertz CT molecular complexity index is 776. The van der Waals surface area contributed by atoms with Crippen LogP contribution in [0, 0.1) is 11.3 Å². The third-order valence-electron chi connectivity index (χ3n) is 5.76. The Kier molecular flexibility index (Phi) is 5.37. The first-order valence-corrected chi connectivity index (χ1v) is 10.9. The van der Waals surface area contributed by atoms with Gasteiger partial charge >= 0.3 is 5.97 Å². The van der Waals surface area contributed by atoms with Gasteiger partial charge in [0.15, 0.2) is 9.84 Å². The molecule has 1 aromatic carbocycles. The molecule has 1 saturated carbocycles. The number of hydrogen-bond donors (Lipinski definition) is 1. The number of benzene rings is 1. The van der Waals surface area contributed by atoms with Crippen molar-refractivity contribution in [2.24, 2.45) is 11.3 Å². The van der Waals surface area contributed by atoms with Crippen molar-refractivity contribution in [2.45, 2.75) is 32.1 Å². The van der Waals surface area contributed by atoms with Crippen molar-refractivity contribution in [1.29, 1.82) is 0 Å². The molecule has 0 spiro atoms. The van der Waals surface area contributed by atoms with Crippen LogP contribution in [0.2, 0.25) is 0 Å². The molecule has 3 rings (SSSR count). The zero-order valence-corrected chi connectivity index (χ0v) is 15.6. The summed E-state index contributed by atoms with van der Waals surface area (Å²) < 4.78 is 24.6. The number of carbonyl (C=O) groups excluding carboxylic acids is 1. The molecule has 0 radical (unpaired) electrons. The largest absolute Gasteiger partial charge is 0.481 e. The van der Waals surface area contributed by atoms with Crippen molar-refractivity contribution < 1.29 is 23.1 Å². The summed E-state index contributed by atoms with van der Waals surface area (Å²) in [5, 5.41) is 9.57. The normalized spacial score (nSPS) is 25.2. The van der Waals surface area contributed by atoms with E-state index in [4.69, 9.17) is 0 Å². The van der Waals surface area contributed by atoms with Gasteiger partial charge in [-0.1, -0.05) is 36.8 Å². The molecule has 0 bridgehead atoms. The quantitative estimate of drug-likeness (QED) is 0.779. The summed E-state index contributed by atoms with van der Waals surface area (Å²) in [5.41, 5.74) is 0.206. The van der Waals surface area contributed by atoms with Gasteiger partial charge in [0.2, 0.25) is 5.91 Å². The number of carboxylic acids is 1. The van der Waals surface area contributed by atoms with Crippen LogP contribution in [-0.2, 0) is 25.8 Å². The highest BCUT2D eigenvalue weighted by Gasteiger charge is 2.55. The van der Waals surface area contributed by atoms with Crippen molar-refractivity contribution in [1.82, 2.24) is 4.90 Å². The SMILES string of the molecule is O=C(CS(=O)(=O)CCCc1ccccc1)N1C[C@@H]2CCC[C@@]2(C(=O)O)C1. The second-order valence-corrected chi connectivity index (χ2v) is 9.69. The van der Waals surface area contributed by atoms with Gasteiger partial charge in [0.05, 0.1) is 11.2 Å². The van der Waals surface area contributed by atoms with Crippen molar-refractivity contribution in [3.63, 3.8) is 0 Å². The molecule has 142 valence electrons. The van der Waals surface area contributed by atoms with E-state index in [1.54, 1.807) is 0 Å². The number of likely N-dealkylation sites (tertiary alicyclic amines) is 1. The van der Waals surface area contributed by atoms with E-state index in [2.05, 4.69) is 0 Å². The van der Waals surface area contributed by atoms with E-state index in [-0.39, 0.29) is 18.2 Å². The molecular formula is C19H25NO5S. The minimum Gasteiger partial charge on any atom is -0.481 e. The van der Waals surface area contributed by atoms with Gasteiger partial charge in [-0.3, -0.25) is 9.59 Å². The minimum atomic E-state index is -3.49. The summed E-state index contributed by atoms with van der Waals surface area (Å²) in [6.07, 6.45) is 3.35. The summed E-state index contributed by atoms with van der Waals surface area (Å²) in [6, 6.07) is 9.64. The second-order valence-electron chi connectivity index (χ2n) is 7.51. The lowest BCUT2D eigenvalue weighted by atomic mass is 9.81. The molecule has 1 amide bonds. The predicted molar refractivity (Wildman–Crippen MR) is 97.4 cm³/mol. The smallest absolute Gasteiger partial charge is 0.311 e. The van der Waals surface area contributed by atoms with Crippen LogP contribution in [-0.4, -0.2) is 54.9 Å². The molecule has 0 unspecified atom stereocenters. The van der Waals surface area contributed by atoms with Crippen molar-refractivity contribution in [3.8, 4) is 0 Å². The third kappa shape index (κ3) is 3.92. The molecular weight excluding hydrogens is 354 g/mol. The van der Waals surface area contributed by atoms with Crippen LogP contribution in [0.4, 0.5) is 0 Å². The topological polar surface area (TPSA) is 91.8 Å². The van der Waals surface area contributed by atoms with Crippen LogP contribution in [0.15, 0.2) is 30.3 Å². The van der Waals surface area contributed by atoms with Crippen LogP contribution < -0.4 is 0 Å². The highest BCUT2D eigenvalue weighted by molar-refractivity contribution is 7.92. The molecule has 1 aliphatic carbocycles. The van der Waals surface area contributed by atoms with E-state index in [0.717, 1.165) is 18.4 Å². The number of nitrogens with zero attached hydrogens (tertiary/aromatic N) is 1. The van der Waals surface area contributed by atoms with Gasteiger partial charge in [-0.25, -0.2) is 8.42 Å². The Hall–Kier alpha value is -1.89. The zero-order chi connectivity index (χ0) is 18.8. The summed E-state index contributed by atoms with van der Waals surface area (Å²) in [5.74, 6) is -1.93. The Balaban J connectivity index is 1.53. The number of aliphatic carboxylic acids is 1. The zero-order valence-electron chi connectivity index (χ0n) is 14.8. The average Bonchev–Trinajstić information content (AvgIpc) is 3.13. The summed E-state index contributed by atoms with van der Waals surface area (Å²) >= 11 is 0. The molecule has 1 aliphatic heterocycles. The highest BCUT2D eigenvalue weighted by atomic mass is 32.2. The number of aryl methyl sites for hydroxylation is 1. The Morgan fingerprint density at radius 1 is 1.23 bits per heavy atom. The monoisotopic (exact) mass is 379 g/mol. The Labute approximate surface area is 154 Å². The third-order valence-corrected chi connectivity index (χ3v) is 7.35. The van der Waals surface area contributed by atoms with Crippen LogP contribution in [0.5, 0.6) is 0 Å². The maximum atomic E-state index is 12.4. The van der Waals surface area contributed by atoms with Crippen LogP contribution in [0.1, 0.15) is 31.2 Å². The summed E-state index contributed by atoms with van der Waals surface area (Å²) in [7, 11) is -3.49. The molecule has 6 nitrogen and oxygen atoms in total. The molecule has 1 heterocycles. The van der Waals surface area contributed by atoms with Gasteiger partial charge in [-0.2, -0.15) is 0 Å². The first kappa shape index (κ1) is 18.9. The summed E-state index contributed by atoms with van der Waals surface area (Å²) in [6.45, 7) is 0.510. The number of amides is 1. The molecule has 1 N–H and O–H groups in total. The maximum absolute atomic E-state index is 12.4. The van der Waals surface area contributed by atoms with Crippen LogP contribution in [0.3, 0.4) is 0 Å². The molecule has 0 aromatic heterocycles. The van der Waals surface area contributed by atoms with Crippen LogP contribution in [0.25, 0.3) is 0 Å². The Morgan fingerprint density at radius 3 is 2.62 bits per heavy atom. The van der Waals surface area contributed by atoms with Gasteiger partial charge < -0.3 is 10.0 Å². The van der Waals surface area contributed by atoms with Gasteiger partial charge in [0.1, 0.15) is 5.75 Å². The molecule has 1 aromatic rings. The van der Waals surface area contributed by atoms with Gasteiger partial charge in [-0.15, -0.1) is 0 Å². The highest BCUT2D eigenvalue weighted by Crippen LogP contribution is 2.48. The molecule has 7 heteroatoms. The van der Waals surface area contributed by atoms with E-state index in [9.17, 15) is 23.1 Å². The number of carbonyl (C=O) groups is 2. The Morgan fingerprint density at radius 2 is 1.96 bits per heavy atom. The lowest BCUT2D eigenvalue weighted by Crippen LogP contribution is -2.39. The molecule has 2 atom stereocenters. The van der Waals surface area contributed by atoms with Crippen molar-refractivity contribution >= 4 is 21.7 Å². The fourth-order valence-electron chi connectivity index (χ4n) is 4.32. The lowest BCUT2D eigenvalue weighted by molar-refractivity contribution is -0.149. The van der Waals surface area contributed by atoms with E-state index in [0.29, 0.717) is 25.8 Å². The minimum absolute atomic E-state index is 0.0328. The van der Waals surface area contributed by atoms with Gasteiger partial charge in [0.25, 0.3) is 0 Å². The van der Waals surface area contributed by atoms with E-state index >= 15 is 0 Å². The maximum Gasteiger partial charge on any atom is 0.311 e. The number of sulfone groups is 1. The number of rotatable bonds is 7. The van der Waals surface area contributed by atoms with Gasteiger partial charge in [-0.05, 0) is 37.2 Å². The molecule has 1 saturated heterocycles. The number of fused-ring (bicyclic) bond motifs is 1. The second kappa shape index (κ2) is 7.39. The molecule has 2 fully saturated rings. The van der Waals surface area contributed by atoms with Crippen molar-refractivity contribution in [3.05, 3.63) is 35.9 Å². The van der Waals surface area contributed by atoms with Gasteiger partial charge in [0, 0.05) is 13.1 Å². The fraction of sp³-hybridized carbons (Fsp3) is 0.579. The number of hydrogen-bond acceptors (Lipinski definition) is 4. The predicted octanol–water partition coefficient (Wildman–Crippen LogP) is 1.75. The number of carboxylic acid groups (broad SMARTS) is 1. The van der Waals surface area contributed by atoms with E-state index < -0.39 is 32.9 Å². The standard InChI is InChI=1S/C19H25NO5S/c21-17(20-12-16-9-4-10-19(16,14-20)18(22)23)13-26(24,25)11-5-8-15-6-2-1-3-7-15/h1-3,6-7,16H,4-5,8-14H2,(H,22,23)/t16-,19+/m0/s1. The lowest BCUT2D eigenvalue weighted by Gasteiger charge is -2.23. The molecule has 2 aliphatic rings. The summed E-state index contributed by atoms with van der Waals surface area (Å²) in [4.78, 5) is 25.6.